The number of hydrogen-bond acceptors (Lipinski definition) is 5. The van der Waals surface area contributed by atoms with Gasteiger partial charge in [0.25, 0.3) is 0 Å². The topological polar surface area (TPSA) is 61.0 Å². The van der Waals surface area contributed by atoms with Crippen molar-refractivity contribution in [3.63, 3.8) is 0 Å². The first kappa shape index (κ1) is 36.4. The van der Waals surface area contributed by atoms with Gasteiger partial charge in [0.1, 0.15) is 12.4 Å². The Balaban J connectivity index is 0.000000188. The van der Waals surface area contributed by atoms with Crippen LogP contribution in [0.25, 0.3) is 0 Å². The van der Waals surface area contributed by atoms with Crippen LogP contribution in [0.3, 0.4) is 0 Å². The van der Waals surface area contributed by atoms with Crippen LogP contribution in [-0.4, -0.2) is 28.1 Å². The maximum Gasteiger partial charge on any atom is 0.110 e. The van der Waals surface area contributed by atoms with Crippen molar-refractivity contribution < 1.29 is 9.47 Å². The number of imidazole rings is 1. The maximum atomic E-state index is 6.36. The Hall–Kier alpha value is -2.91. The van der Waals surface area contributed by atoms with Gasteiger partial charge >= 0.3 is 0 Å². The van der Waals surface area contributed by atoms with Crippen molar-refractivity contribution in [2.45, 2.75) is 44.4 Å². The first-order valence-corrected chi connectivity index (χ1v) is 17.1. The first-order chi connectivity index (χ1) is 23.2. The van der Waals surface area contributed by atoms with Crippen LogP contribution in [0.15, 0.2) is 114 Å². The molecule has 6 nitrogen and oxygen atoms in total. The van der Waals surface area contributed by atoms with Crippen LogP contribution in [0.4, 0.5) is 0 Å². The van der Waals surface area contributed by atoms with Gasteiger partial charge in [0, 0.05) is 60.7 Å². The molecule has 0 saturated heterocycles. The molecule has 1 aromatic heterocycles. The molecule has 3 atom stereocenters. The molecule has 48 heavy (non-hydrogen) atoms. The van der Waals surface area contributed by atoms with E-state index in [2.05, 4.69) is 15.0 Å². The lowest BCUT2D eigenvalue weighted by Crippen LogP contribution is -2.14. The quantitative estimate of drug-likeness (QED) is 0.127. The van der Waals surface area contributed by atoms with Gasteiger partial charge in [0.2, 0.25) is 0 Å². The van der Waals surface area contributed by atoms with Gasteiger partial charge in [-0.05, 0) is 65.2 Å². The van der Waals surface area contributed by atoms with Crippen LogP contribution >= 0.6 is 69.6 Å². The predicted octanol–water partition coefficient (Wildman–Crippen LogP) is 11.6. The lowest BCUT2D eigenvalue weighted by Gasteiger charge is -2.21. The van der Waals surface area contributed by atoms with Gasteiger partial charge in [0.05, 0.1) is 38.2 Å². The largest absolute Gasteiger partial charge is 0.369 e. The average Bonchev–Trinajstić information content (AvgIpc) is 3.78. The summed E-state index contributed by atoms with van der Waals surface area (Å²) in [7, 11) is 0. The van der Waals surface area contributed by atoms with Crippen molar-refractivity contribution in [2.24, 2.45) is 9.98 Å². The van der Waals surface area contributed by atoms with Gasteiger partial charge in [-0.1, -0.05) is 106 Å². The molecule has 5 aromatic rings. The lowest BCUT2D eigenvalue weighted by molar-refractivity contribution is 0.0280. The van der Waals surface area contributed by atoms with E-state index in [1.807, 2.05) is 89.8 Å². The van der Waals surface area contributed by atoms with Crippen molar-refractivity contribution in [1.82, 2.24) is 9.55 Å². The molecule has 0 bridgehead atoms. The summed E-state index contributed by atoms with van der Waals surface area (Å²) in [5.41, 5.74) is 3.87. The number of rotatable bonds is 12. The molecule has 6 rings (SSSR count). The summed E-state index contributed by atoms with van der Waals surface area (Å²) in [6, 6.07) is 26.0. The zero-order chi connectivity index (χ0) is 33.9. The fourth-order valence-corrected chi connectivity index (χ4v) is 6.15. The predicted molar refractivity (Wildman–Crippen MR) is 199 cm³/mol. The maximum absolute atomic E-state index is 6.36. The van der Waals surface area contributed by atoms with Crippen molar-refractivity contribution in [1.29, 1.82) is 0 Å². The molecule has 0 aliphatic carbocycles. The minimum Gasteiger partial charge on any atom is -0.369 e. The molecule has 0 N–H and O–H groups in total. The standard InChI is InChI=1S/2C18H15Cl3N2O/c19-13-3-1-12(2-4-13)10-24-18(8-15-9-22-11-23-15)16-6-5-14(20)7-17(16)21;19-14-3-1-13(2-4-14)11-24-18(10-23-8-7-22-12-23)16-6-5-15(20)9-17(16)21/h1-7,9,11,15,18H,8,10H2;1-9,12,18H,10-11H2. The number of ether oxygens (including phenoxy) is 2. The summed E-state index contributed by atoms with van der Waals surface area (Å²) < 4.78 is 14.2. The minimum absolute atomic E-state index is 0.00744. The van der Waals surface area contributed by atoms with Crippen LogP contribution in [0.1, 0.15) is 40.9 Å². The summed E-state index contributed by atoms with van der Waals surface area (Å²) in [5, 5.41) is 3.77. The van der Waals surface area contributed by atoms with Gasteiger partial charge in [-0.15, -0.1) is 0 Å². The number of aliphatic imine (C=N–C) groups is 2. The third-order valence-corrected chi connectivity index (χ3v) is 8.95. The first-order valence-electron chi connectivity index (χ1n) is 14.9. The zero-order valence-corrected chi connectivity index (χ0v) is 29.9. The van der Waals surface area contributed by atoms with E-state index in [9.17, 15) is 0 Å². The molecule has 1 aliphatic rings. The zero-order valence-electron chi connectivity index (χ0n) is 25.4. The molecule has 1 aliphatic heterocycles. The second kappa shape index (κ2) is 18.2. The molecule has 12 heteroatoms. The van der Waals surface area contributed by atoms with Crippen LogP contribution in [0.2, 0.25) is 30.1 Å². The summed E-state index contributed by atoms with van der Waals surface area (Å²) in [5.74, 6) is 0. The minimum atomic E-state index is -0.223. The van der Waals surface area contributed by atoms with Crippen molar-refractivity contribution in [3.05, 3.63) is 156 Å². The Morgan fingerprint density at radius 2 is 1.17 bits per heavy atom. The van der Waals surface area contributed by atoms with E-state index in [1.165, 1.54) is 0 Å². The van der Waals surface area contributed by atoms with E-state index in [-0.39, 0.29) is 18.2 Å². The SMILES string of the molecule is Clc1ccc(COC(CC2C=NC=N2)c2ccc(Cl)cc2Cl)cc1.Clc1ccc(COC(Cn2ccnc2)c2ccc(Cl)cc2Cl)cc1. The Kier molecular flexibility index (Phi) is 13.8. The highest BCUT2D eigenvalue weighted by Gasteiger charge is 2.21. The molecule has 0 fully saturated rings. The lowest BCUT2D eigenvalue weighted by atomic mass is 10.0. The highest BCUT2D eigenvalue weighted by Crippen LogP contribution is 2.33. The van der Waals surface area contributed by atoms with Gasteiger partial charge < -0.3 is 14.0 Å². The molecule has 3 unspecified atom stereocenters. The third-order valence-electron chi connectivity index (χ3n) is 7.32. The van der Waals surface area contributed by atoms with E-state index in [1.54, 1.807) is 31.0 Å². The monoisotopic (exact) mass is 760 g/mol. The summed E-state index contributed by atoms with van der Waals surface area (Å²) in [6.45, 7) is 1.51. The summed E-state index contributed by atoms with van der Waals surface area (Å²) >= 11 is 36.6. The number of halogens is 6. The Labute approximate surface area is 309 Å². The normalized spacial score (nSPS) is 14.8. The smallest absolute Gasteiger partial charge is 0.110 e. The van der Waals surface area contributed by atoms with E-state index in [4.69, 9.17) is 79.1 Å². The van der Waals surface area contributed by atoms with Gasteiger partial charge in [-0.2, -0.15) is 0 Å². The second-order valence-electron chi connectivity index (χ2n) is 10.8. The number of hydrogen-bond donors (Lipinski definition) is 0. The molecule has 0 amide bonds. The molecule has 4 aromatic carbocycles. The van der Waals surface area contributed by atoms with Gasteiger partial charge in [-0.25, -0.2) is 9.98 Å². The van der Waals surface area contributed by atoms with Crippen molar-refractivity contribution >= 4 is 82.2 Å². The molecule has 0 saturated carbocycles. The highest BCUT2D eigenvalue weighted by atomic mass is 35.5. The third kappa shape index (κ3) is 11.1. The molecule has 248 valence electrons. The van der Waals surface area contributed by atoms with Crippen LogP contribution in [0, 0.1) is 0 Å². The van der Waals surface area contributed by atoms with Crippen molar-refractivity contribution in [3.8, 4) is 0 Å². The molecule has 0 radical (unpaired) electrons. The molecular formula is C36H30Cl6N4O2. The fraction of sp³-hybridized carbons (Fsp3) is 0.194. The van der Waals surface area contributed by atoms with Crippen LogP contribution < -0.4 is 0 Å². The number of benzene rings is 4. The Morgan fingerprint density at radius 3 is 1.65 bits per heavy atom. The van der Waals surface area contributed by atoms with Crippen LogP contribution in [0.5, 0.6) is 0 Å². The Bertz CT molecular complexity index is 1800. The van der Waals surface area contributed by atoms with Gasteiger partial charge in [0.15, 0.2) is 0 Å². The van der Waals surface area contributed by atoms with Crippen LogP contribution in [-0.2, 0) is 29.2 Å². The average molecular weight is 763 g/mol. The van der Waals surface area contributed by atoms with E-state index < -0.39 is 0 Å². The summed E-state index contributed by atoms with van der Waals surface area (Å²) in [4.78, 5) is 12.4. The van der Waals surface area contributed by atoms with E-state index >= 15 is 0 Å². The van der Waals surface area contributed by atoms with Gasteiger partial charge in [-0.3, -0.25) is 4.99 Å². The molecular weight excluding hydrogens is 733 g/mol. The fourth-order valence-electron chi connectivity index (χ4n) is 4.83. The number of nitrogens with zero attached hydrogens (tertiary/aromatic N) is 4. The molecule has 0 spiro atoms. The van der Waals surface area contributed by atoms with Crippen molar-refractivity contribution in [2.75, 3.05) is 0 Å². The summed E-state index contributed by atoms with van der Waals surface area (Å²) in [6.07, 6.45) is 8.98. The Morgan fingerprint density at radius 1 is 0.646 bits per heavy atom. The highest BCUT2D eigenvalue weighted by molar-refractivity contribution is 6.35. The van der Waals surface area contributed by atoms with E-state index in [0.29, 0.717) is 56.3 Å². The number of aromatic nitrogens is 2. The van der Waals surface area contributed by atoms with E-state index in [0.717, 1.165) is 22.3 Å². The molecule has 2 heterocycles. The second-order valence-corrected chi connectivity index (χ2v) is 13.4.